The van der Waals surface area contributed by atoms with Crippen molar-refractivity contribution >= 4 is 21.6 Å². The molecule has 0 bridgehead atoms. The van der Waals surface area contributed by atoms with Crippen LogP contribution in [0.5, 0.6) is 17.2 Å². The summed E-state index contributed by atoms with van der Waals surface area (Å²) in [7, 11) is -0.260. The first-order valence-corrected chi connectivity index (χ1v) is 11.8. The predicted molar refractivity (Wildman–Crippen MR) is 118 cm³/mol. The summed E-state index contributed by atoms with van der Waals surface area (Å²) in [5.74, 6) is 0.875. The number of likely N-dealkylation sites (tertiary alicyclic amines) is 1. The Morgan fingerprint density at radius 2 is 1.72 bits per heavy atom. The number of methoxy groups -OCH3 is 1. The molecule has 2 aromatic carbocycles. The van der Waals surface area contributed by atoms with Crippen LogP contribution in [-0.2, 0) is 10.0 Å². The summed E-state index contributed by atoms with van der Waals surface area (Å²) in [6, 6.07) is 10.4. The Balaban J connectivity index is 1.82. The van der Waals surface area contributed by atoms with E-state index in [-0.39, 0.29) is 23.0 Å². The lowest BCUT2D eigenvalue weighted by Gasteiger charge is -2.35. The fraction of sp³-hybridized carbons (Fsp3) is 0.381. The van der Waals surface area contributed by atoms with Gasteiger partial charge in [-0.1, -0.05) is 0 Å². The van der Waals surface area contributed by atoms with E-state index in [1.165, 1.54) is 29.6 Å². The van der Waals surface area contributed by atoms with E-state index >= 15 is 0 Å². The minimum atomic E-state index is -3.33. The minimum absolute atomic E-state index is 0.0740. The van der Waals surface area contributed by atoms with Crippen LogP contribution in [-0.4, -0.2) is 68.0 Å². The van der Waals surface area contributed by atoms with Gasteiger partial charge in [-0.2, -0.15) is 0 Å². The van der Waals surface area contributed by atoms with Crippen molar-refractivity contribution in [3.8, 4) is 17.2 Å². The number of hydrogen-bond acceptors (Lipinski definition) is 7. The fourth-order valence-corrected chi connectivity index (χ4v) is 4.28. The van der Waals surface area contributed by atoms with Crippen LogP contribution >= 0.6 is 0 Å². The molecule has 0 saturated carbocycles. The van der Waals surface area contributed by atoms with Gasteiger partial charge in [0.2, 0.25) is 10.0 Å². The van der Waals surface area contributed by atoms with E-state index in [0.717, 1.165) is 6.26 Å². The van der Waals surface area contributed by atoms with Gasteiger partial charge in [0.1, 0.15) is 17.2 Å². The lowest BCUT2D eigenvalue weighted by Crippen LogP contribution is -2.47. The molecule has 172 valence electrons. The third kappa shape index (κ3) is 5.35. The van der Waals surface area contributed by atoms with Gasteiger partial charge in [0, 0.05) is 38.3 Å². The molecule has 1 saturated heterocycles. The molecule has 1 aliphatic rings. The lowest BCUT2D eigenvalue weighted by atomic mass is 10.0. The van der Waals surface area contributed by atoms with Gasteiger partial charge in [0.25, 0.3) is 11.6 Å². The molecule has 11 heteroatoms. The molecule has 32 heavy (non-hydrogen) atoms. The van der Waals surface area contributed by atoms with Crippen molar-refractivity contribution in [1.29, 1.82) is 0 Å². The molecule has 0 N–H and O–H groups in total. The van der Waals surface area contributed by atoms with Gasteiger partial charge in [-0.3, -0.25) is 14.9 Å². The van der Waals surface area contributed by atoms with Crippen LogP contribution in [0.25, 0.3) is 0 Å². The zero-order valence-electron chi connectivity index (χ0n) is 18.1. The number of carbonyl (C=O) groups excluding carboxylic acids is 1. The number of non-ortho nitro benzene ring substituents is 1. The predicted octanol–water partition coefficient (Wildman–Crippen LogP) is 2.89. The Hall–Kier alpha value is -3.18. The number of benzene rings is 2. The molecular weight excluding hydrogens is 438 g/mol. The van der Waals surface area contributed by atoms with E-state index in [1.807, 2.05) is 0 Å². The summed E-state index contributed by atoms with van der Waals surface area (Å²) in [6.45, 7) is 0.655. The van der Waals surface area contributed by atoms with Gasteiger partial charge < -0.3 is 14.4 Å². The van der Waals surface area contributed by atoms with E-state index in [1.54, 1.807) is 36.3 Å². The highest BCUT2D eigenvalue weighted by atomic mass is 32.2. The number of sulfonamides is 1. The average Bonchev–Trinajstić information content (AvgIpc) is 2.78. The van der Waals surface area contributed by atoms with Crippen LogP contribution in [0.2, 0.25) is 0 Å². The molecule has 2 aromatic rings. The summed E-state index contributed by atoms with van der Waals surface area (Å²) in [5.41, 5.74) is -0.146. The molecule has 1 amide bonds. The van der Waals surface area contributed by atoms with E-state index in [0.29, 0.717) is 37.4 Å². The van der Waals surface area contributed by atoms with E-state index < -0.39 is 20.9 Å². The van der Waals surface area contributed by atoms with Gasteiger partial charge in [0.15, 0.2) is 0 Å². The van der Waals surface area contributed by atoms with E-state index in [9.17, 15) is 23.3 Å². The van der Waals surface area contributed by atoms with Crippen molar-refractivity contribution in [3.63, 3.8) is 0 Å². The first kappa shape index (κ1) is 23.5. The minimum Gasteiger partial charge on any atom is -0.497 e. The SMILES string of the molecule is COc1ccc(Oc2ccc([N+](=O)[O-])cc2C(=O)N2CCC(N(C)S(C)(=O)=O)CC2)cc1. The molecule has 10 nitrogen and oxygen atoms in total. The van der Waals surface area contributed by atoms with Crippen LogP contribution in [0, 0.1) is 10.1 Å². The Kier molecular flexibility index (Phi) is 6.99. The quantitative estimate of drug-likeness (QED) is 0.457. The van der Waals surface area contributed by atoms with Crippen molar-refractivity contribution in [2.24, 2.45) is 0 Å². The molecule has 0 aliphatic carbocycles. The maximum absolute atomic E-state index is 13.2. The second kappa shape index (κ2) is 9.53. The number of rotatable bonds is 7. The third-order valence-corrected chi connectivity index (χ3v) is 6.83. The van der Waals surface area contributed by atoms with E-state index in [2.05, 4.69) is 0 Å². The Morgan fingerprint density at radius 3 is 2.25 bits per heavy atom. The molecule has 0 spiro atoms. The first-order chi connectivity index (χ1) is 15.1. The molecule has 1 heterocycles. The van der Waals surface area contributed by atoms with E-state index in [4.69, 9.17) is 9.47 Å². The maximum Gasteiger partial charge on any atom is 0.270 e. The highest BCUT2D eigenvalue weighted by Gasteiger charge is 2.31. The molecular formula is C21H25N3O7S. The van der Waals surface area contributed by atoms with Gasteiger partial charge >= 0.3 is 0 Å². The Bertz CT molecular complexity index is 1090. The molecule has 0 aromatic heterocycles. The number of carbonyl (C=O) groups is 1. The Morgan fingerprint density at radius 1 is 1.12 bits per heavy atom. The average molecular weight is 464 g/mol. The number of ether oxygens (including phenoxy) is 2. The van der Waals surface area contributed by atoms with Crippen molar-refractivity contribution in [3.05, 3.63) is 58.1 Å². The molecule has 0 unspecified atom stereocenters. The second-order valence-electron chi connectivity index (χ2n) is 7.52. The highest BCUT2D eigenvalue weighted by Crippen LogP contribution is 2.31. The maximum atomic E-state index is 13.2. The van der Waals surface area contributed by atoms with Crippen LogP contribution in [0.4, 0.5) is 5.69 Å². The smallest absolute Gasteiger partial charge is 0.270 e. The lowest BCUT2D eigenvalue weighted by molar-refractivity contribution is -0.384. The summed E-state index contributed by atoms with van der Waals surface area (Å²) in [4.78, 5) is 25.5. The topological polar surface area (TPSA) is 119 Å². The molecule has 1 fully saturated rings. The van der Waals surface area contributed by atoms with Crippen LogP contribution in [0.3, 0.4) is 0 Å². The number of hydrogen-bond donors (Lipinski definition) is 0. The van der Waals surface area contributed by atoms with Crippen LogP contribution in [0.15, 0.2) is 42.5 Å². The van der Waals surface area contributed by atoms with Gasteiger partial charge in [-0.25, -0.2) is 12.7 Å². The Labute approximate surface area is 186 Å². The second-order valence-corrected chi connectivity index (χ2v) is 9.56. The summed E-state index contributed by atoms with van der Waals surface area (Å²) < 4.78 is 35.9. The fourth-order valence-electron chi connectivity index (χ4n) is 3.53. The molecule has 0 radical (unpaired) electrons. The van der Waals surface area contributed by atoms with Gasteiger partial charge in [0.05, 0.1) is 23.9 Å². The summed E-state index contributed by atoms with van der Waals surface area (Å²) in [6.07, 6.45) is 2.09. The van der Waals surface area contributed by atoms with Crippen molar-refractivity contribution in [2.45, 2.75) is 18.9 Å². The summed E-state index contributed by atoms with van der Waals surface area (Å²) >= 11 is 0. The first-order valence-electron chi connectivity index (χ1n) is 9.93. The van der Waals surface area contributed by atoms with Gasteiger partial charge in [-0.05, 0) is 43.2 Å². The highest BCUT2D eigenvalue weighted by molar-refractivity contribution is 7.88. The number of nitro groups is 1. The standard InChI is InChI=1S/C21H25N3O7S/c1-22(32(3,28)29)15-10-12-23(13-11-15)21(25)19-14-16(24(26)27)4-9-20(19)31-18-7-5-17(30-2)6-8-18/h4-9,14-15H,10-13H2,1-3H3. The monoisotopic (exact) mass is 463 g/mol. The van der Waals surface area contributed by atoms with Crippen LogP contribution in [0.1, 0.15) is 23.2 Å². The molecule has 1 aliphatic heterocycles. The largest absolute Gasteiger partial charge is 0.497 e. The third-order valence-electron chi connectivity index (χ3n) is 5.48. The number of piperidine rings is 1. The molecule has 0 atom stereocenters. The normalized spacial score (nSPS) is 14.9. The van der Waals surface area contributed by atoms with Crippen molar-refractivity contribution < 1.29 is 27.6 Å². The zero-order valence-corrected chi connectivity index (χ0v) is 18.9. The number of amides is 1. The number of nitrogens with zero attached hydrogens (tertiary/aromatic N) is 3. The van der Waals surface area contributed by atoms with Crippen LogP contribution < -0.4 is 9.47 Å². The summed E-state index contributed by atoms with van der Waals surface area (Å²) in [5, 5.41) is 11.3. The zero-order chi connectivity index (χ0) is 23.5. The number of nitro benzene ring substituents is 1. The van der Waals surface area contributed by atoms with Gasteiger partial charge in [-0.15, -0.1) is 0 Å². The van der Waals surface area contributed by atoms with Crippen molar-refractivity contribution in [2.75, 3.05) is 33.5 Å². The van der Waals surface area contributed by atoms with Crippen molar-refractivity contribution in [1.82, 2.24) is 9.21 Å². The molecule has 3 rings (SSSR count).